The highest BCUT2D eigenvalue weighted by atomic mass is 32.2. The lowest BCUT2D eigenvalue weighted by Gasteiger charge is -2.30. The van der Waals surface area contributed by atoms with Gasteiger partial charge < -0.3 is 10.4 Å². The average Bonchev–Trinajstić information content (AvgIpc) is 3.07. The van der Waals surface area contributed by atoms with Crippen LogP contribution in [0.5, 0.6) is 0 Å². The molecular weight excluding hydrogens is 372 g/mol. The Morgan fingerprint density at radius 2 is 2.12 bits per heavy atom. The van der Waals surface area contributed by atoms with Gasteiger partial charge in [0.25, 0.3) is 5.91 Å². The molecule has 2 aliphatic rings. The van der Waals surface area contributed by atoms with Gasteiger partial charge in [0.1, 0.15) is 0 Å². The SMILES string of the molecule is CC1CCCN(S(=O)(=O)c2ccc(C(=O)NCC3(O)CCSC3)cc2)C1. The summed E-state index contributed by atoms with van der Waals surface area (Å²) in [6.07, 6.45) is 2.60. The van der Waals surface area contributed by atoms with E-state index in [0.717, 1.165) is 18.6 Å². The topological polar surface area (TPSA) is 86.7 Å². The lowest BCUT2D eigenvalue weighted by atomic mass is 10.0. The van der Waals surface area contributed by atoms with E-state index in [4.69, 9.17) is 0 Å². The van der Waals surface area contributed by atoms with Crippen molar-refractivity contribution in [2.75, 3.05) is 31.1 Å². The summed E-state index contributed by atoms with van der Waals surface area (Å²) in [5, 5.41) is 13.0. The normalized spacial score (nSPS) is 27.4. The average molecular weight is 399 g/mol. The van der Waals surface area contributed by atoms with E-state index in [2.05, 4.69) is 12.2 Å². The lowest BCUT2D eigenvalue weighted by molar-refractivity contribution is 0.0612. The molecule has 1 aromatic rings. The Labute approximate surface area is 159 Å². The van der Waals surface area contributed by atoms with Gasteiger partial charge in [-0.15, -0.1) is 0 Å². The summed E-state index contributed by atoms with van der Waals surface area (Å²) in [6.45, 7) is 3.36. The second-order valence-electron chi connectivity index (χ2n) is 7.34. The minimum Gasteiger partial charge on any atom is -0.387 e. The molecule has 2 fully saturated rings. The van der Waals surface area contributed by atoms with E-state index in [1.807, 2.05) is 0 Å². The first-order chi connectivity index (χ1) is 12.3. The third-order valence-electron chi connectivity index (χ3n) is 5.03. The highest BCUT2D eigenvalue weighted by Crippen LogP contribution is 2.27. The number of amides is 1. The number of sulfonamides is 1. The van der Waals surface area contributed by atoms with Crippen molar-refractivity contribution in [2.24, 2.45) is 5.92 Å². The van der Waals surface area contributed by atoms with Crippen LogP contribution in [0.4, 0.5) is 0 Å². The number of nitrogens with one attached hydrogen (secondary N) is 1. The van der Waals surface area contributed by atoms with Crippen molar-refractivity contribution >= 4 is 27.7 Å². The molecule has 2 saturated heterocycles. The maximum absolute atomic E-state index is 12.7. The molecule has 2 aliphatic heterocycles. The van der Waals surface area contributed by atoms with E-state index < -0.39 is 15.6 Å². The molecule has 0 bridgehead atoms. The summed E-state index contributed by atoms with van der Waals surface area (Å²) >= 11 is 1.67. The van der Waals surface area contributed by atoms with Crippen molar-refractivity contribution in [3.63, 3.8) is 0 Å². The first kappa shape index (κ1) is 19.7. The van der Waals surface area contributed by atoms with E-state index in [9.17, 15) is 18.3 Å². The number of thioether (sulfide) groups is 1. The quantitative estimate of drug-likeness (QED) is 0.788. The summed E-state index contributed by atoms with van der Waals surface area (Å²) in [5.41, 5.74) is -0.445. The summed E-state index contributed by atoms with van der Waals surface area (Å²) < 4.78 is 27.0. The van der Waals surface area contributed by atoms with E-state index in [-0.39, 0.29) is 17.3 Å². The van der Waals surface area contributed by atoms with Crippen LogP contribution in [0.15, 0.2) is 29.2 Å². The summed E-state index contributed by atoms with van der Waals surface area (Å²) in [6, 6.07) is 6.04. The molecule has 0 aliphatic carbocycles. The van der Waals surface area contributed by atoms with Crippen molar-refractivity contribution in [1.82, 2.24) is 9.62 Å². The van der Waals surface area contributed by atoms with Crippen LogP contribution in [0.3, 0.4) is 0 Å². The first-order valence-corrected chi connectivity index (χ1v) is 11.6. The lowest BCUT2D eigenvalue weighted by Crippen LogP contribution is -2.43. The molecule has 2 unspecified atom stereocenters. The number of aliphatic hydroxyl groups is 1. The summed E-state index contributed by atoms with van der Waals surface area (Å²) in [4.78, 5) is 12.5. The highest BCUT2D eigenvalue weighted by molar-refractivity contribution is 7.99. The monoisotopic (exact) mass is 398 g/mol. The molecule has 144 valence electrons. The maximum atomic E-state index is 12.7. The van der Waals surface area contributed by atoms with E-state index in [0.29, 0.717) is 36.7 Å². The van der Waals surface area contributed by atoms with Crippen LogP contribution >= 0.6 is 11.8 Å². The van der Waals surface area contributed by atoms with Crippen LogP contribution in [0.2, 0.25) is 0 Å². The molecule has 26 heavy (non-hydrogen) atoms. The van der Waals surface area contributed by atoms with Gasteiger partial charge in [0.05, 0.1) is 10.5 Å². The van der Waals surface area contributed by atoms with Gasteiger partial charge in [-0.25, -0.2) is 8.42 Å². The van der Waals surface area contributed by atoms with E-state index >= 15 is 0 Å². The number of hydrogen-bond acceptors (Lipinski definition) is 5. The maximum Gasteiger partial charge on any atom is 0.251 e. The fourth-order valence-corrected chi connectivity index (χ4v) is 6.27. The zero-order chi connectivity index (χ0) is 18.8. The minimum atomic E-state index is -3.51. The van der Waals surface area contributed by atoms with Gasteiger partial charge in [-0.2, -0.15) is 16.1 Å². The Bertz CT molecular complexity index is 743. The Balaban J connectivity index is 1.64. The number of rotatable bonds is 5. The van der Waals surface area contributed by atoms with Gasteiger partial charge in [0.2, 0.25) is 10.0 Å². The van der Waals surface area contributed by atoms with Crippen molar-refractivity contribution < 1.29 is 18.3 Å². The van der Waals surface area contributed by atoms with E-state index in [1.54, 1.807) is 11.8 Å². The van der Waals surface area contributed by atoms with Crippen LogP contribution in [-0.4, -0.2) is 60.5 Å². The van der Waals surface area contributed by atoms with Gasteiger partial charge in [0.15, 0.2) is 0 Å². The van der Waals surface area contributed by atoms with Crippen LogP contribution < -0.4 is 5.32 Å². The molecule has 0 radical (unpaired) electrons. The third kappa shape index (κ3) is 4.42. The predicted octanol–water partition coefficient (Wildman–Crippen LogP) is 1.70. The molecule has 0 spiro atoms. The second kappa shape index (κ2) is 7.88. The van der Waals surface area contributed by atoms with Crippen LogP contribution in [0, 0.1) is 5.92 Å². The number of benzene rings is 1. The largest absolute Gasteiger partial charge is 0.387 e. The van der Waals surface area contributed by atoms with Crippen molar-refractivity contribution in [3.8, 4) is 0 Å². The van der Waals surface area contributed by atoms with Crippen LogP contribution in [0.1, 0.15) is 36.5 Å². The molecule has 8 heteroatoms. The van der Waals surface area contributed by atoms with Gasteiger partial charge in [0, 0.05) is 31.0 Å². The molecular formula is C18H26N2O4S2. The second-order valence-corrected chi connectivity index (χ2v) is 10.4. The highest BCUT2D eigenvalue weighted by Gasteiger charge is 2.32. The van der Waals surface area contributed by atoms with Gasteiger partial charge in [-0.1, -0.05) is 6.92 Å². The van der Waals surface area contributed by atoms with Gasteiger partial charge in [-0.05, 0) is 55.2 Å². The number of carbonyl (C=O) groups is 1. The molecule has 1 aromatic carbocycles. The standard InChI is InChI=1S/C18H26N2O4S2/c1-14-3-2-9-20(11-14)26(23,24)16-6-4-15(5-7-16)17(21)19-12-18(22)8-10-25-13-18/h4-7,14,22H,2-3,8-13H2,1H3,(H,19,21). The molecule has 0 saturated carbocycles. The van der Waals surface area contributed by atoms with Crippen LogP contribution in [-0.2, 0) is 10.0 Å². The molecule has 2 heterocycles. The fourth-order valence-electron chi connectivity index (χ4n) is 3.37. The zero-order valence-electron chi connectivity index (χ0n) is 15.0. The van der Waals surface area contributed by atoms with Crippen molar-refractivity contribution in [1.29, 1.82) is 0 Å². The predicted molar refractivity (Wildman–Crippen MR) is 103 cm³/mol. The van der Waals surface area contributed by atoms with Crippen molar-refractivity contribution in [3.05, 3.63) is 29.8 Å². The first-order valence-electron chi connectivity index (χ1n) is 8.99. The zero-order valence-corrected chi connectivity index (χ0v) is 16.6. The Morgan fingerprint density at radius 3 is 2.73 bits per heavy atom. The fraction of sp³-hybridized carbons (Fsp3) is 0.611. The Hall–Kier alpha value is -1.09. The molecule has 3 rings (SSSR count). The Morgan fingerprint density at radius 1 is 1.38 bits per heavy atom. The number of hydrogen-bond donors (Lipinski definition) is 2. The molecule has 2 atom stereocenters. The van der Waals surface area contributed by atoms with Gasteiger partial charge >= 0.3 is 0 Å². The number of carbonyl (C=O) groups excluding carboxylic acids is 1. The molecule has 2 N–H and O–H groups in total. The van der Waals surface area contributed by atoms with E-state index in [1.165, 1.54) is 28.6 Å². The van der Waals surface area contributed by atoms with Gasteiger partial charge in [-0.3, -0.25) is 4.79 Å². The number of nitrogens with zero attached hydrogens (tertiary/aromatic N) is 1. The van der Waals surface area contributed by atoms with Crippen molar-refractivity contribution in [2.45, 2.75) is 36.7 Å². The Kier molecular flexibility index (Phi) is 5.96. The number of piperidine rings is 1. The summed E-state index contributed by atoms with van der Waals surface area (Å²) in [5.74, 6) is 1.58. The van der Waals surface area contributed by atoms with Crippen LogP contribution in [0.25, 0.3) is 0 Å². The minimum absolute atomic E-state index is 0.213. The molecule has 0 aromatic heterocycles. The third-order valence-corrected chi connectivity index (χ3v) is 8.15. The summed E-state index contributed by atoms with van der Waals surface area (Å²) in [7, 11) is -3.51. The molecule has 6 nitrogen and oxygen atoms in total. The smallest absolute Gasteiger partial charge is 0.251 e. The molecule has 1 amide bonds.